The van der Waals surface area contributed by atoms with E-state index in [1.165, 1.54) is 0 Å². The summed E-state index contributed by atoms with van der Waals surface area (Å²) in [6, 6.07) is 24.1. The summed E-state index contributed by atoms with van der Waals surface area (Å²) in [5.74, 6) is 0.0270. The van der Waals surface area contributed by atoms with Crippen molar-refractivity contribution >= 4 is 5.97 Å². The van der Waals surface area contributed by atoms with Crippen LogP contribution in [0.1, 0.15) is 52.9 Å². The maximum absolute atomic E-state index is 12.5. The lowest BCUT2D eigenvalue weighted by atomic mass is 9.83. The number of aliphatic hydroxyl groups excluding tert-OH is 1. The maximum Gasteiger partial charge on any atom is 0.343 e. The molecule has 1 aliphatic heterocycles. The summed E-state index contributed by atoms with van der Waals surface area (Å²) >= 11 is 0. The number of piperidine rings is 1. The second kappa shape index (κ2) is 11.4. The van der Waals surface area contributed by atoms with Crippen LogP contribution in [0.15, 0.2) is 78.9 Å². The summed E-state index contributed by atoms with van der Waals surface area (Å²) in [6.45, 7) is 4.22. The van der Waals surface area contributed by atoms with Crippen LogP contribution >= 0.6 is 0 Å². The third-order valence-corrected chi connectivity index (χ3v) is 7.09. The van der Waals surface area contributed by atoms with Gasteiger partial charge < -0.3 is 19.8 Å². The second-order valence-corrected chi connectivity index (χ2v) is 10.0. The molecule has 0 amide bonds. The zero-order valence-electron chi connectivity index (χ0n) is 21.3. The van der Waals surface area contributed by atoms with Crippen molar-refractivity contribution in [3.63, 3.8) is 0 Å². The Morgan fingerprint density at radius 1 is 0.972 bits per heavy atom. The molecule has 0 spiro atoms. The minimum absolute atomic E-state index is 0.112. The van der Waals surface area contributed by atoms with Crippen molar-refractivity contribution in [1.82, 2.24) is 9.80 Å². The first kappa shape index (κ1) is 26.0. The van der Waals surface area contributed by atoms with Crippen molar-refractivity contribution in [1.29, 1.82) is 0 Å². The van der Waals surface area contributed by atoms with Crippen molar-refractivity contribution in [2.45, 2.75) is 44.1 Å². The van der Waals surface area contributed by atoms with Crippen LogP contribution in [0.3, 0.4) is 0 Å². The smallest absolute Gasteiger partial charge is 0.343 e. The molecule has 6 nitrogen and oxygen atoms in total. The van der Waals surface area contributed by atoms with Gasteiger partial charge in [-0.3, -0.25) is 4.90 Å². The number of ether oxygens (including phenoxy) is 1. The number of carbonyl (C=O) groups is 1. The van der Waals surface area contributed by atoms with Crippen LogP contribution in [0.5, 0.6) is 5.75 Å². The van der Waals surface area contributed by atoms with Gasteiger partial charge in [0.25, 0.3) is 0 Å². The van der Waals surface area contributed by atoms with E-state index < -0.39 is 17.7 Å². The number of aliphatic hydroxyl groups is 2. The molecule has 36 heavy (non-hydrogen) atoms. The predicted molar refractivity (Wildman–Crippen MR) is 141 cm³/mol. The number of nitrogens with zero attached hydrogens (tertiary/aromatic N) is 2. The van der Waals surface area contributed by atoms with Crippen molar-refractivity contribution in [3.8, 4) is 5.75 Å². The zero-order chi connectivity index (χ0) is 25.7. The highest BCUT2D eigenvalue weighted by molar-refractivity contribution is 5.91. The van der Waals surface area contributed by atoms with Crippen LogP contribution in [0.2, 0.25) is 0 Å². The molecule has 190 valence electrons. The topological polar surface area (TPSA) is 73.2 Å². The summed E-state index contributed by atoms with van der Waals surface area (Å²) < 4.78 is 5.53. The van der Waals surface area contributed by atoms with Gasteiger partial charge in [0.1, 0.15) is 5.75 Å². The van der Waals surface area contributed by atoms with E-state index in [1.54, 1.807) is 36.4 Å². The van der Waals surface area contributed by atoms with Gasteiger partial charge in [0, 0.05) is 25.7 Å². The monoisotopic (exact) mass is 488 g/mol. The molecule has 1 saturated heterocycles. The van der Waals surface area contributed by atoms with Gasteiger partial charge in [-0.05, 0) is 74.8 Å². The third-order valence-electron chi connectivity index (χ3n) is 7.09. The molecule has 2 atom stereocenters. The highest BCUT2D eigenvalue weighted by atomic mass is 16.5. The molecule has 0 radical (unpaired) electrons. The van der Waals surface area contributed by atoms with Gasteiger partial charge in [0.15, 0.2) is 0 Å². The standard InChI is InChI=1S/C30H36N2O4/c1-22(32-19-17-30(35,18-20-32)26-7-5-4-6-8-26)28(33)24-13-15-27(16-14-24)36-29(34)25-11-9-23(10-12-25)21-31(2)3/h4-16,22,28,33,35H,17-21H2,1-3H3/t22-,28?/m0/s1. The Bertz CT molecular complexity index is 1120. The molecule has 0 aromatic heterocycles. The zero-order valence-corrected chi connectivity index (χ0v) is 21.3. The first-order valence-corrected chi connectivity index (χ1v) is 12.5. The van der Waals surface area contributed by atoms with Gasteiger partial charge in [-0.25, -0.2) is 4.79 Å². The quantitative estimate of drug-likeness (QED) is 0.362. The van der Waals surface area contributed by atoms with Gasteiger partial charge in [0.2, 0.25) is 0 Å². The number of hydrogen-bond acceptors (Lipinski definition) is 6. The fraction of sp³-hybridized carbons (Fsp3) is 0.367. The molecule has 0 aliphatic carbocycles. The van der Waals surface area contributed by atoms with Crippen molar-refractivity contribution in [3.05, 3.63) is 101 Å². The predicted octanol–water partition coefficient (Wildman–Crippen LogP) is 4.37. The van der Waals surface area contributed by atoms with Crippen molar-refractivity contribution in [2.24, 2.45) is 0 Å². The Hall–Kier alpha value is -3.03. The molecule has 0 saturated carbocycles. The van der Waals surface area contributed by atoms with Gasteiger partial charge >= 0.3 is 5.97 Å². The van der Waals surface area contributed by atoms with Crippen LogP contribution in [0.4, 0.5) is 0 Å². The van der Waals surface area contributed by atoms with Crippen LogP contribution in [0, 0.1) is 0 Å². The minimum Gasteiger partial charge on any atom is -0.423 e. The fourth-order valence-corrected chi connectivity index (χ4v) is 4.83. The molecule has 2 N–H and O–H groups in total. The Labute approximate surface area is 213 Å². The first-order chi connectivity index (χ1) is 17.2. The first-order valence-electron chi connectivity index (χ1n) is 12.5. The number of likely N-dealkylation sites (tertiary alicyclic amines) is 1. The average molecular weight is 489 g/mol. The summed E-state index contributed by atoms with van der Waals surface area (Å²) in [4.78, 5) is 16.8. The van der Waals surface area contributed by atoms with Gasteiger partial charge in [0.05, 0.1) is 17.3 Å². The lowest BCUT2D eigenvalue weighted by Crippen LogP contribution is -2.47. The fourth-order valence-electron chi connectivity index (χ4n) is 4.83. The number of esters is 1. The van der Waals surface area contributed by atoms with Gasteiger partial charge in [-0.15, -0.1) is 0 Å². The largest absolute Gasteiger partial charge is 0.423 e. The Morgan fingerprint density at radius 2 is 1.58 bits per heavy atom. The molecular formula is C30H36N2O4. The number of carbonyl (C=O) groups excluding carboxylic acids is 1. The van der Waals surface area contributed by atoms with Crippen molar-refractivity contribution < 1.29 is 19.7 Å². The summed E-state index contributed by atoms with van der Waals surface area (Å²) in [5.41, 5.74) is 2.52. The Kier molecular flexibility index (Phi) is 8.21. The summed E-state index contributed by atoms with van der Waals surface area (Å²) in [7, 11) is 4.00. The van der Waals surface area contributed by atoms with Gasteiger partial charge in [-0.2, -0.15) is 0 Å². The average Bonchev–Trinajstić information content (AvgIpc) is 2.89. The molecule has 3 aromatic rings. The molecule has 1 aliphatic rings. The van der Waals surface area contributed by atoms with Crippen molar-refractivity contribution in [2.75, 3.05) is 27.2 Å². The van der Waals surface area contributed by atoms with E-state index in [0.717, 1.165) is 23.2 Å². The summed E-state index contributed by atoms with van der Waals surface area (Å²) in [6.07, 6.45) is 0.556. The van der Waals surface area contributed by atoms with E-state index in [9.17, 15) is 15.0 Å². The lowest BCUT2D eigenvalue weighted by Gasteiger charge is -2.42. The second-order valence-electron chi connectivity index (χ2n) is 10.0. The number of hydrogen-bond donors (Lipinski definition) is 2. The van der Waals surface area contributed by atoms with E-state index in [1.807, 2.05) is 63.5 Å². The van der Waals surface area contributed by atoms with E-state index >= 15 is 0 Å². The molecule has 6 heteroatoms. The minimum atomic E-state index is -0.819. The van der Waals surface area contributed by atoms with E-state index in [2.05, 4.69) is 9.80 Å². The SMILES string of the molecule is C[C@@H](C(O)c1ccc(OC(=O)c2ccc(CN(C)C)cc2)cc1)N1CCC(O)(c2ccccc2)CC1. The van der Waals surface area contributed by atoms with E-state index in [4.69, 9.17) is 4.74 Å². The number of rotatable bonds is 8. The highest BCUT2D eigenvalue weighted by Gasteiger charge is 2.36. The maximum atomic E-state index is 12.5. The molecule has 1 unspecified atom stereocenters. The highest BCUT2D eigenvalue weighted by Crippen LogP contribution is 2.35. The summed E-state index contributed by atoms with van der Waals surface area (Å²) in [5, 5.41) is 22.1. The normalized spacial score (nSPS) is 17.5. The molecule has 1 fully saturated rings. The van der Waals surface area contributed by atoms with E-state index in [-0.39, 0.29) is 6.04 Å². The molecule has 4 rings (SSSR count). The molecule has 0 bridgehead atoms. The van der Waals surface area contributed by atoms with Gasteiger partial charge in [-0.1, -0.05) is 54.6 Å². The lowest BCUT2D eigenvalue weighted by molar-refractivity contribution is -0.0501. The molecule has 3 aromatic carbocycles. The van der Waals surface area contributed by atoms with E-state index in [0.29, 0.717) is 37.2 Å². The number of benzene rings is 3. The molecule has 1 heterocycles. The molecular weight excluding hydrogens is 452 g/mol. The Morgan fingerprint density at radius 3 is 2.17 bits per heavy atom. The van der Waals surface area contributed by atoms with Crippen LogP contribution in [0.25, 0.3) is 0 Å². The Balaban J connectivity index is 1.32. The van der Waals surface area contributed by atoms with Crippen LogP contribution in [-0.4, -0.2) is 59.2 Å². The van der Waals surface area contributed by atoms with Crippen LogP contribution in [-0.2, 0) is 12.1 Å². The van der Waals surface area contributed by atoms with Crippen LogP contribution < -0.4 is 4.74 Å². The third kappa shape index (κ3) is 6.20.